The molecule has 0 aliphatic carbocycles. The number of carbonyl (C=O) groups excluding carboxylic acids is 1. The van der Waals surface area contributed by atoms with E-state index >= 15 is 0 Å². The molecule has 14 heteroatoms. The number of halogens is 2. The monoisotopic (exact) mass is 572 g/mol. The third kappa shape index (κ3) is 7.82. The summed E-state index contributed by atoms with van der Waals surface area (Å²) < 4.78 is 14.4. The summed E-state index contributed by atoms with van der Waals surface area (Å²) in [6, 6.07) is 9.00. The van der Waals surface area contributed by atoms with Gasteiger partial charge in [-0.3, -0.25) is 14.6 Å². The van der Waals surface area contributed by atoms with Gasteiger partial charge in [-0.25, -0.2) is 14.2 Å². The van der Waals surface area contributed by atoms with Crippen molar-refractivity contribution in [3.05, 3.63) is 59.1 Å². The molecule has 3 aromatic rings. The first kappa shape index (κ1) is 29.1. The molecule has 40 heavy (non-hydrogen) atoms. The predicted molar refractivity (Wildman–Crippen MR) is 148 cm³/mol. The normalized spacial score (nSPS) is 14.1. The van der Waals surface area contributed by atoms with Gasteiger partial charge in [-0.15, -0.1) is 5.10 Å². The molecule has 1 aliphatic rings. The molecule has 1 aliphatic heterocycles. The van der Waals surface area contributed by atoms with E-state index in [4.69, 9.17) is 16.7 Å². The first-order valence-corrected chi connectivity index (χ1v) is 12.9. The highest BCUT2D eigenvalue weighted by molar-refractivity contribution is 6.30. The number of rotatable bonds is 10. The van der Waals surface area contributed by atoms with Crippen molar-refractivity contribution in [2.24, 2.45) is 0 Å². The Morgan fingerprint density at radius 2 is 1.85 bits per heavy atom. The Balaban J connectivity index is 1.35. The molecule has 0 unspecified atom stereocenters. The number of carbonyl (C=O) groups is 2. The Labute approximate surface area is 235 Å². The number of pyridine rings is 1. The summed E-state index contributed by atoms with van der Waals surface area (Å²) in [6.45, 7) is 3.74. The van der Waals surface area contributed by atoms with Crippen molar-refractivity contribution in [2.45, 2.75) is 6.61 Å². The van der Waals surface area contributed by atoms with Crippen LogP contribution in [0, 0.1) is 5.82 Å². The maximum Gasteiger partial charge on any atom is 0.407 e. The lowest BCUT2D eigenvalue weighted by Crippen LogP contribution is -2.50. The number of likely N-dealkylation sites (N-methyl/N-ethyl adjacent to an activating group) is 1. The lowest BCUT2D eigenvalue weighted by Gasteiger charge is -2.34. The van der Waals surface area contributed by atoms with E-state index in [0.29, 0.717) is 48.4 Å². The van der Waals surface area contributed by atoms with Crippen LogP contribution in [0.4, 0.5) is 26.4 Å². The smallest absolute Gasteiger partial charge is 0.407 e. The van der Waals surface area contributed by atoms with E-state index in [1.807, 2.05) is 4.90 Å². The van der Waals surface area contributed by atoms with Crippen molar-refractivity contribution in [2.75, 3.05) is 63.5 Å². The van der Waals surface area contributed by atoms with Crippen LogP contribution in [0.5, 0.6) is 0 Å². The van der Waals surface area contributed by atoms with Gasteiger partial charge in [-0.1, -0.05) is 11.6 Å². The molecular formula is C26H30ClFN8O4. The number of hydrogen-bond donors (Lipinski definition) is 4. The molecular weight excluding hydrogens is 543 g/mol. The maximum atomic E-state index is 14.4. The minimum atomic E-state index is -0.952. The molecule has 4 rings (SSSR count). The summed E-state index contributed by atoms with van der Waals surface area (Å²) in [5.74, 6) is -0.398. The Bertz CT molecular complexity index is 1360. The second-order valence-electron chi connectivity index (χ2n) is 9.30. The van der Waals surface area contributed by atoms with E-state index in [1.54, 1.807) is 25.2 Å². The fraction of sp³-hybridized carbons (Fsp3) is 0.346. The minimum absolute atomic E-state index is 0.170. The van der Waals surface area contributed by atoms with E-state index in [1.165, 1.54) is 29.3 Å². The summed E-state index contributed by atoms with van der Waals surface area (Å²) in [7, 11) is 1.54. The number of aliphatic hydroxyl groups is 1. The molecule has 0 radical (unpaired) electrons. The summed E-state index contributed by atoms with van der Waals surface area (Å²) in [4.78, 5) is 33.3. The van der Waals surface area contributed by atoms with Crippen LogP contribution < -0.4 is 10.6 Å². The number of aromatic nitrogens is 3. The Kier molecular flexibility index (Phi) is 9.77. The highest BCUT2D eigenvalue weighted by Crippen LogP contribution is 2.29. The summed E-state index contributed by atoms with van der Waals surface area (Å²) >= 11 is 6.02. The summed E-state index contributed by atoms with van der Waals surface area (Å²) in [6.07, 6.45) is 0.572. The standard InChI is InChI=1S/C26H30ClFN8O4/c1-34(26(39)40)6-7-35-8-10-36(11-9-35)15-25(38)31-24-13-18(4-5-29-24)30-22-14-21(32-33-23(22)16-37)19-12-17(27)2-3-20(19)28/h2-5,12-14,37H,6-11,15-16H2,1H3,(H,39,40)(H2,29,30,31,32,38). The lowest BCUT2D eigenvalue weighted by atomic mass is 10.1. The van der Waals surface area contributed by atoms with Crippen LogP contribution in [0.2, 0.25) is 5.02 Å². The first-order chi connectivity index (χ1) is 19.2. The molecule has 1 aromatic carbocycles. The molecule has 0 spiro atoms. The number of amides is 2. The first-order valence-electron chi connectivity index (χ1n) is 12.6. The van der Waals surface area contributed by atoms with Crippen molar-refractivity contribution in [1.82, 2.24) is 29.9 Å². The molecule has 0 bridgehead atoms. The number of hydrogen-bond acceptors (Lipinski definition) is 9. The quantitative estimate of drug-likeness (QED) is 0.286. The number of nitrogens with zero attached hydrogens (tertiary/aromatic N) is 6. The Morgan fingerprint density at radius 1 is 1.10 bits per heavy atom. The molecule has 1 fully saturated rings. The molecule has 4 N–H and O–H groups in total. The van der Waals surface area contributed by atoms with Gasteiger partial charge in [0.1, 0.15) is 17.3 Å². The molecule has 3 heterocycles. The van der Waals surface area contributed by atoms with E-state index in [-0.39, 0.29) is 29.4 Å². The predicted octanol–water partition coefficient (Wildman–Crippen LogP) is 2.73. The molecule has 212 valence electrons. The second-order valence-corrected chi connectivity index (χ2v) is 9.73. The zero-order valence-corrected chi connectivity index (χ0v) is 22.6. The summed E-state index contributed by atoms with van der Waals surface area (Å²) in [5.41, 5.74) is 1.62. The zero-order chi connectivity index (χ0) is 28.6. The van der Waals surface area contributed by atoms with Crippen molar-refractivity contribution < 1.29 is 24.2 Å². The van der Waals surface area contributed by atoms with Crippen LogP contribution in [0.3, 0.4) is 0 Å². The molecule has 2 aromatic heterocycles. The van der Waals surface area contributed by atoms with Crippen LogP contribution in [0.15, 0.2) is 42.6 Å². The van der Waals surface area contributed by atoms with E-state index in [2.05, 4.69) is 30.7 Å². The van der Waals surface area contributed by atoms with Gasteiger partial charge in [0.15, 0.2) is 0 Å². The van der Waals surface area contributed by atoms with Gasteiger partial charge < -0.3 is 25.7 Å². The number of benzene rings is 1. The van der Waals surface area contributed by atoms with Gasteiger partial charge in [0.2, 0.25) is 5.91 Å². The molecule has 1 saturated heterocycles. The zero-order valence-electron chi connectivity index (χ0n) is 21.8. The SMILES string of the molecule is CN(CCN1CCN(CC(=O)Nc2cc(Nc3cc(-c4cc(Cl)ccc4F)nnc3CO)ccn2)CC1)C(=O)O. The molecule has 12 nitrogen and oxygen atoms in total. The van der Waals surface area contributed by atoms with E-state index < -0.39 is 18.5 Å². The van der Waals surface area contributed by atoms with Crippen molar-refractivity contribution >= 4 is 40.8 Å². The number of nitrogens with one attached hydrogen (secondary N) is 2. The molecule has 0 saturated carbocycles. The van der Waals surface area contributed by atoms with Gasteiger partial charge in [0, 0.05) is 74.9 Å². The Hall–Kier alpha value is -3.91. The van der Waals surface area contributed by atoms with Gasteiger partial charge in [0.05, 0.1) is 24.5 Å². The van der Waals surface area contributed by atoms with Crippen LogP contribution >= 0.6 is 11.6 Å². The molecule has 2 amide bonds. The van der Waals surface area contributed by atoms with Crippen LogP contribution in [0.25, 0.3) is 11.3 Å². The summed E-state index contributed by atoms with van der Waals surface area (Å²) in [5, 5.41) is 33.0. The average molecular weight is 573 g/mol. The third-order valence-electron chi connectivity index (χ3n) is 6.44. The maximum absolute atomic E-state index is 14.4. The number of piperazine rings is 1. The third-order valence-corrected chi connectivity index (χ3v) is 6.68. The highest BCUT2D eigenvalue weighted by atomic mass is 35.5. The van der Waals surface area contributed by atoms with Crippen molar-refractivity contribution in [1.29, 1.82) is 0 Å². The van der Waals surface area contributed by atoms with Gasteiger partial charge >= 0.3 is 6.09 Å². The number of anilines is 3. The van der Waals surface area contributed by atoms with E-state index in [9.17, 15) is 19.1 Å². The van der Waals surface area contributed by atoms with Crippen LogP contribution in [-0.2, 0) is 11.4 Å². The molecule has 0 atom stereocenters. The minimum Gasteiger partial charge on any atom is -0.465 e. The van der Waals surface area contributed by atoms with Gasteiger partial charge in [-0.2, -0.15) is 5.10 Å². The largest absolute Gasteiger partial charge is 0.465 e. The van der Waals surface area contributed by atoms with Crippen LogP contribution in [-0.4, -0.2) is 105 Å². The second kappa shape index (κ2) is 13.4. The topological polar surface area (TPSA) is 147 Å². The fourth-order valence-corrected chi connectivity index (χ4v) is 4.32. The Morgan fingerprint density at radius 3 is 2.58 bits per heavy atom. The van der Waals surface area contributed by atoms with Crippen LogP contribution in [0.1, 0.15) is 5.69 Å². The number of aliphatic hydroxyl groups excluding tert-OH is 1. The van der Waals surface area contributed by atoms with Crippen molar-refractivity contribution in [3.63, 3.8) is 0 Å². The highest BCUT2D eigenvalue weighted by Gasteiger charge is 2.20. The van der Waals surface area contributed by atoms with E-state index in [0.717, 1.165) is 13.1 Å². The van der Waals surface area contributed by atoms with Gasteiger partial charge in [-0.05, 0) is 30.3 Å². The van der Waals surface area contributed by atoms with Gasteiger partial charge in [0.25, 0.3) is 0 Å². The average Bonchev–Trinajstić information content (AvgIpc) is 2.94. The van der Waals surface area contributed by atoms with Crippen molar-refractivity contribution in [3.8, 4) is 11.3 Å². The lowest BCUT2D eigenvalue weighted by molar-refractivity contribution is -0.117. The number of carboxylic acid groups (broad SMARTS) is 1. The fourth-order valence-electron chi connectivity index (χ4n) is 4.14.